The van der Waals surface area contributed by atoms with Gasteiger partial charge in [0.1, 0.15) is 5.75 Å². The predicted octanol–water partition coefficient (Wildman–Crippen LogP) is 2.56. The van der Waals surface area contributed by atoms with Crippen LogP contribution >= 0.6 is 0 Å². The second kappa shape index (κ2) is 6.36. The van der Waals surface area contributed by atoms with E-state index in [4.69, 9.17) is 4.74 Å². The molecule has 0 bridgehead atoms. The number of nitrogens with zero attached hydrogens (tertiary/aromatic N) is 3. The molecule has 0 spiro atoms. The lowest BCUT2D eigenvalue weighted by molar-refractivity contribution is 0.340. The Morgan fingerprint density at radius 1 is 1.16 bits per heavy atom. The van der Waals surface area contributed by atoms with Gasteiger partial charge in [0, 0.05) is 13.2 Å². The van der Waals surface area contributed by atoms with Crippen LogP contribution in [0.15, 0.2) is 24.4 Å². The molecule has 19 heavy (non-hydrogen) atoms. The minimum absolute atomic E-state index is 0.710. The fourth-order valence-electron chi connectivity index (χ4n) is 2.20. The molecular formula is C15H21N3O. The number of benzene rings is 1. The van der Waals surface area contributed by atoms with Gasteiger partial charge in [-0.3, -0.25) is 4.68 Å². The molecule has 0 atom stereocenters. The van der Waals surface area contributed by atoms with Gasteiger partial charge in [0.2, 0.25) is 0 Å². The molecule has 102 valence electrons. The smallest absolute Gasteiger partial charge is 0.119 e. The van der Waals surface area contributed by atoms with Crippen LogP contribution in [-0.2, 0) is 26.3 Å². The van der Waals surface area contributed by atoms with Crippen LogP contribution in [0.3, 0.4) is 0 Å². The molecule has 4 nitrogen and oxygen atoms in total. The largest absolute Gasteiger partial charge is 0.494 e. The van der Waals surface area contributed by atoms with Crippen molar-refractivity contribution in [2.24, 2.45) is 7.05 Å². The van der Waals surface area contributed by atoms with E-state index in [0.29, 0.717) is 6.61 Å². The first-order valence-corrected chi connectivity index (χ1v) is 6.82. The summed E-state index contributed by atoms with van der Waals surface area (Å²) in [6, 6.07) is 6.37. The zero-order valence-corrected chi connectivity index (χ0v) is 11.9. The number of aryl methyl sites for hydroxylation is 4. The second-order valence-corrected chi connectivity index (χ2v) is 4.60. The van der Waals surface area contributed by atoms with Gasteiger partial charge >= 0.3 is 0 Å². The number of hydrogen-bond donors (Lipinski definition) is 0. The van der Waals surface area contributed by atoms with Gasteiger partial charge in [0.05, 0.1) is 12.3 Å². The molecule has 0 fully saturated rings. The van der Waals surface area contributed by atoms with Crippen molar-refractivity contribution in [2.45, 2.75) is 33.1 Å². The number of ether oxygens (including phenoxy) is 1. The molecule has 1 aromatic heterocycles. The maximum absolute atomic E-state index is 5.54. The third-order valence-electron chi connectivity index (χ3n) is 3.17. The first kappa shape index (κ1) is 13.6. The summed E-state index contributed by atoms with van der Waals surface area (Å²) in [6.07, 6.45) is 4.92. The Balaban J connectivity index is 2.06. The maximum Gasteiger partial charge on any atom is 0.119 e. The summed E-state index contributed by atoms with van der Waals surface area (Å²) >= 11 is 0. The van der Waals surface area contributed by atoms with Crippen LogP contribution in [0.25, 0.3) is 0 Å². The molecule has 0 amide bonds. The Morgan fingerprint density at radius 3 is 2.63 bits per heavy atom. The van der Waals surface area contributed by atoms with Gasteiger partial charge in [0.25, 0.3) is 0 Å². The van der Waals surface area contributed by atoms with E-state index in [1.54, 1.807) is 4.68 Å². The molecular weight excluding hydrogens is 238 g/mol. The highest BCUT2D eigenvalue weighted by Gasteiger charge is 2.05. The highest BCUT2D eigenvalue weighted by Crippen LogP contribution is 2.20. The van der Waals surface area contributed by atoms with Crippen LogP contribution in [-0.4, -0.2) is 21.6 Å². The van der Waals surface area contributed by atoms with Crippen LogP contribution in [0.1, 0.15) is 30.7 Å². The zero-order chi connectivity index (χ0) is 13.7. The zero-order valence-electron chi connectivity index (χ0n) is 11.9. The van der Waals surface area contributed by atoms with Crippen LogP contribution in [0.4, 0.5) is 0 Å². The van der Waals surface area contributed by atoms with E-state index < -0.39 is 0 Å². The van der Waals surface area contributed by atoms with Gasteiger partial charge in [-0.05, 0) is 49.4 Å². The fourth-order valence-corrected chi connectivity index (χ4v) is 2.20. The Hall–Kier alpha value is -1.84. The third-order valence-corrected chi connectivity index (χ3v) is 3.17. The van der Waals surface area contributed by atoms with E-state index in [0.717, 1.165) is 30.7 Å². The molecule has 0 aliphatic rings. The van der Waals surface area contributed by atoms with Crippen molar-refractivity contribution in [3.63, 3.8) is 0 Å². The SMILES string of the molecule is CCOc1ccc(CCc2cn(C)nn2)c(CC)c1. The summed E-state index contributed by atoms with van der Waals surface area (Å²) in [6.45, 7) is 4.90. The summed E-state index contributed by atoms with van der Waals surface area (Å²) in [7, 11) is 1.89. The lowest BCUT2D eigenvalue weighted by Gasteiger charge is -2.10. The van der Waals surface area contributed by atoms with Crippen LogP contribution in [0.5, 0.6) is 5.75 Å². The van der Waals surface area contributed by atoms with E-state index in [9.17, 15) is 0 Å². The summed E-state index contributed by atoms with van der Waals surface area (Å²) < 4.78 is 7.29. The molecule has 1 heterocycles. The Bertz CT molecular complexity index is 534. The number of rotatable bonds is 6. The predicted molar refractivity (Wildman–Crippen MR) is 75.4 cm³/mol. The molecule has 1 aromatic carbocycles. The minimum atomic E-state index is 0.710. The van der Waals surface area contributed by atoms with E-state index in [2.05, 4.69) is 35.4 Å². The normalized spacial score (nSPS) is 10.7. The van der Waals surface area contributed by atoms with Gasteiger partial charge in [-0.2, -0.15) is 0 Å². The highest BCUT2D eigenvalue weighted by atomic mass is 16.5. The van der Waals surface area contributed by atoms with Gasteiger partial charge in [-0.1, -0.05) is 18.2 Å². The third kappa shape index (κ3) is 3.56. The van der Waals surface area contributed by atoms with Crippen LogP contribution < -0.4 is 4.74 Å². The summed E-state index contributed by atoms with van der Waals surface area (Å²) in [5.74, 6) is 0.961. The van der Waals surface area contributed by atoms with Crippen molar-refractivity contribution < 1.29 is 4.74 Å². The molecule has 2 rings (SSSR count). The first-order chi connectivity index (χ1) is 9.22. The molecule has 0 N–H and O–H groups in total. The van der Waals surface area contributed by atoms with E-state index in [1.807, 2.05) is 20.2 Å². The molecule has 0 radical (unpaired) electrons. The monoisotopic (exact) mass is 259 g/mol. The van der Waals surface area contributed by atoms with E-state index >= 15 is 0 Å². The molecule has 0 aliphatic heterocycles. The number of aromatic nitrogens is 3. The first-order valence-electron chi connectivity index (χ1n) is 6.82. The quantitative estimate of drug-likeness (QED) is 0.800. The van der Waals surface area contributed by atoms with Crippen molar-refractivity contribution in [2.75, 3.05) is 6.61 Å². The molecule has 0 aliphatic carbocycles. The van der Waals surface area contributed by atoms with Gasteiger partial charge in [0.15, 0.2) is 0 Å². The van der Waals surface area contributed by atoms with Gasteiger partial charge < -0.3 is 4.74 Å². The van der Waals surface area contributed by atoms with Crippen LogP contribution in [0, 0.1) is 0 Å². The Labute approximate surface area is 114 Å². The average Bonchev–Trinajstić information content (AvgIpc) is 2.83. The maximum atomic E-state index is 5.54. The topological polar surface area (TPSA) is 39.9 Å². The lowest BCUT2D eigenvalue weighted by Crippen LogP contribution is -1.99. The van der Waals surface area contributed by atoms with Crippen LogP contribution in [0.2, 0.25) is 0 Å². The molecule has 4 heteroatoms. The minimum Gasteiger partial charge on any atom is -0.494 e. The summed E-state index contributed by atoms with van der Waals surface area (Å²) in [5, 5.41) is 8.08. The van der Waals surface area contributed by atoms with Crippen molar-refractivity contribution in [1.29, 1.82) is 0 Å². The van der Waals surface area contributed by atoms with E-state index in [-0.39, 0.29) is 0 Å². The van der Waals surface area contributed by atoms with Crippen molar-refractivity contribution in [1.82, 2.24) is 15.0 Å². The summed E-state index contributed by atoms with van der Waals surface area (Å²) in [4.78, 5) is 0. The van der Waals surface area contributed by atoms with Gasteiger partial charge in [-0.25, -0.2) is 0 Å². The lowest BCUT2D eigenvalue weighted by atomic mass is 10.00. The van der Waals surface area contributed by atoms with Crippen molar-refractivity contribution >= 4 is 0 Å². The fraction of sp³-hybridized carbons (Fsp3) is 0.467. The Morgan fingerprint density at radius 2 is 2.00 bits per heavy atom. The Kier molecular flexibility index (Phi) is 4.55. The summed E-state index contributed by atoms with van der Waals surface area (Å²) in [5.41, 5.74) is 3.77. The molecule has 2 aromatic rings. The molecule has 0 saturated heterocycles. The molecule has 0 unspecified atom stereocenters. The van der Waals surface area contributed by atoms with Crippen molar-refractivity contribution in [3.05, 3.63) is 41.2 Å². The average molecular weight is 259 g/mol. The number of hydrogen-bond acceptors (Lipinski definition) is 3. The van der Waals surface area contributed by atoms with Crippen molar-refractivity contribution in [3.8, 4) is 5.75 Å². The standard InChI is InChI=1S/C15H21N3O/c1-4-12-10-15(19-5-2)9-7-13(12)6-8-14-11-18(3)17-16-14/h7,9-11H,4-6,8H2,1-3H3. The highest BCUT2D eigenvalue weighted by molar-refractivity contribution is 5.36. The van der Waals surface area contributed by atoms with Gasteiger partial charge in [-0.15, -0.1) is 5.10 Å². The van der Waals surface area contributed by atoms with E-state index in [1.165, 1.54) is 11.1 Å². The molecule has 0 saturated carbocycles. The second-order valence-electron chi connectivity index (χ2n) is 4.60.